The lowest BCUT2D eigenvalue weighted by molar-refractivity contribution is -0.390. The summed E-state index contributed by atoms with van der Waals surface area (Å²) in [6.45, 7) is 1.54. The Morgan fingerprint density at radius 2 is 2.08 bits per heavy atom. The number of nitrogens with one attached hydrogen (secondary N) is 1. The van der Waals surface area contributed by atoms with Crippen molar-refractivity contribution in [2.75, 3.05) is 32.7 Å². The Bertz CT molecular complexity index is 831. The van der Waals surface area contributed by atoms with Gasteiger partial charge in [-0.1, -0.05) is 6.07 Å². The molecule has 2 aliphatic rings. The highest BCUT2D eigenvalue weighted by Gasteiger charge is 2.38. The van der Waals surface area contributed by atoms with Gasteiger partial charge in [0, 0.05) is 32.2 Å². The highest BCUT2D eigenvalue weighted by Crippen LogP contribution is 2.31. The van der Waals surface area contributed by atoms with Gasteiger partial charge in [-0.25, -0.2) is 8.42 Å². The van der Waals surface area contributed by atoms with Gasteiger partial charge in [-0.05, 0) is 25.0 Å². The summed E-state index contributed by atoms with van der Waals surface area (Å²) in [6.07, 6.45) is 1.17. The van der Waals surface area contributed by atoms with E-state index in [1.165, 1.54) is 0 Å². The summed E-state index contributed by atoms with van der Waals surface area (Å²) in [5, 5.41) is 14.1. The minimum atomic E-state index is -4.25. The summed E-state index contributed by atoms with van der Waals surface area (Å²) in [7, 11) is -4.25. The molecule has 2 aliphatic heterocycles. The zero-order chi connectivity index (χ0) is 18.9. The zero-order valence-electron chi connectivity index (χ0n) is 13.9. The molecule has 1 amide bonds. The van der Waals surface area contributed by atoms with Gasteiger partial charge in [-0.15, -0.1) is 0 Å². The molecule has 0 saturated carbocycles. The smallest absolute Gasteiger partial charge is 0.324 e. The van der Waals surface area contributed by atoms with E-state index >= 15 is 0 Å². The third-order valence-corrected chi connectivity index (χ3v) is 6.57. The predicted molar refractivity (Wildman–Crippen MR) is 89.4 cm³/mol. The van der Waals surface area contributed by atoms with Crippen LogP contribution >= 0.6 is 0 Å². The largest absolute Gasteiger partial charge is 0.336 e. The van der Waals surface area contributed by atoms with Crippen molar-refractivity contribution in [3.63, 3.8) is 0 Å². The molecular weight excluding hydrogens is 367 g/mol. The van der Waals surface area contributed by atoms with E-state index in [0.29, 0.717) is 25.9 Å². The number of sulfonamides is 1. The average molecular weight is 386 g/mol. The van der Waals surface area contributed by atoms with Crippen LogP contribution in [0.25, 0.3) is 0 Å². The van der Waals surface area contributed by atoms with E-state index in [1.54, 1.807) is 4.90 Å². The van der Waals surface area contributed by atoms with Gasteiger partial charge in [-0.3, -0.25) is 14.9 Å². The molecule has 3 rings (SSSR count). The van der Waals surface area contributed by atoms with Crippen LogP contribution in [0.1, 0.15) is 12.8 Å². The lowest BCUT2D eigenvalue weighted by Crippen LogP contribution is -2.57. The zero-order valence-corrected chi connectivity index (χ0v) is 14.7. The van der Waals surface area contributed by atoms with E-state index in [1.807, 2.05) is 0 Å². The van der Waals surface area contributed by atoms with Gasteiger partial charge in [0.05, 0.1) is 11.5 Å². The summed E-state index contributed by atoms with van der Waals surface area (Å²) in [5.74, 6) is -1.29. The first kappa shape index (κ1) is 18.7. The summed E-state index contributed by atoms with van der Waals surface area (Å²) >= 11 is 0. The van der Waals surface area contributed by atoms with Crippen LogP contribution in [0.15, 0.2) is 23.1 Å². The van der Waals surface area contributed by atoms with Crippen LogP contribution in [-0.2, 0) is 14.8 Å². The van der Waals surface area contributed by atoms with Crippen LogP contribution in [0.5, 0.6) is 0 Å². The monoisotopic (exact) mass is 386 g/mol. The fourth-order valence-electron chi connectivity index (χ4n) is 3.42. The number of hydrogen-bond acceptors (Lipinski definition) is 6. The van der Waals surface area contributed by atoms with E-state index in [2.05, 4.69) is 5.32 Å². The molecule has 0 aromatic heterocycles. The van der Waals surface area contributed by atoms with Gasteiger partial charge in [0.25, 0.3) is 0 Å². The molecule has 9 nitrogen and oxygen atoms in total. The molecule has 1 aromatic rings. The maximum Gasteiger partial charge on any atom is 0.324 e. The van der Waals surface area contributed by atoms with Crippen LogP contribution in [0.2, 0.25) is 0 Å². The SMILES string of the molecule is O=C1CNCCN1C1CCCN(S(=O)(=O)c2cccc(F)c2[N+](=O)[O-])C1. The Labute approximate surface area is 150 Å². The minimum Gasteiger partial charge on any atom is -0.336 e. The van der Waals surface area contributed by atoms with Gasteiger partial charge in [0.15, 0.2) is 4.90 Å². The Balaban J connectivity index is 1.89. The molecule has 1 unspecified atom stereocenters. The van der Waals surface area contributed by atoms with Crippen molar-refractivity contribution in [1.82, 2.24) is 14.5 Å². The standard InChI is InChI=1S/C15H19FN4O5S/c16-12-4-1-5-13(15(12)20(22)23)26(24,25)18-7-2-3-11(10-18)19-8-6-17-9-14(19)21/h1,4-5,11,17H,2-3,6-10H2. The molecule has 2 saturated heterocycles. The summed E-state index contributed by atoms with van der Waals surface area (Å²) in [4.78, 5) is 23.2. The molecule has 1 atom stereocenters. The van der Waals surface area contributed by atoms with Crippen LogP contribution in [0.4, 0.5) is 10.1 Å². The number of hydrogen-bond donors (Lipinski definition) is 1. The van der Waals surface area contributed by atoms with Crippen molar-refractivity contribution in [3.05, 3.63) is 34.1 Å². The molecule has 0 bridgehead atoms. The van der Waals surface area contributed by atoms with Crippen LogP contribution in [0, 0.1) is 15.9 Å². The van der Waals surface area contributed by atoms with Gasteiger partial charge in [0.2, 0.25) is 21.7 Å². The number of rotatable bonds is 4. The second-order valence-corrected chi connectivity index (χ2v) is 8.17. The van der Waals surface area contributed by atoms with E-state index < -0.39 is 31.3 Å². The number of piperazine rings is 1. The van der Waals surface area contributed by atoms with Crippen molar-refractivity contribution in [1.29, 1.82) is 0 Å². The minimum absolute atomic E-state index is 0.0434. The van der Waals surface area contributed by atoms with Crippen LogP contribution < -0.4 is 5.32 Å². The molecule has 26 heavy (non-hydrogen) atoms. The molecule has 1 N–H and O–H groups in total. The van der Waals surface area contributed by atoms with Crippen molar-refractivity contribution in [3.8, 4) is 0 Å². The highest BCUT2D eigenvalue weighted by atomic mass is 32.2. The van der Waals surface area contributed by atoms with Gasteiger partial charge in [0.1, 0.15) is 0 Å². The first-order valence-corrected chi connectivity index (χ1v) is 9.69. The summed E-state index contributed by atoms with van der Waals surface area (Å²) < 4.78 is 40.8. The van der Waals surface area contributed by atoms with Crippen LogP contribution in [-0.4, -0.2) is 67.2 Å². The molecule has 2 heterocycles. The third-order valence-electron chi connectivity index (χ3n) is 4.68. The van der Waals surface area contributed by atoms with E-state index in [-0.39, 0.29) is 31.6 Å². The first-order chi connectivity index (χ1) is 12.3. The number of para-hydroxylation sites is 1. The molecular formula is C15H19FN4O5S. The fourth-order valence-corrected chi connectivity index (χ4v) is 5.10. The number of carbonyl (C=O) groups excluding carboxylic acids is 1. The number of benzene rings is 1. The topological polar surface area (TPSA) is 113 Å². The van der Waals surface area contributed by atoms with Gasteiger partial charge < -0.3 is 10.2 Å². The number of carbonyl (C=O) groups is 1. The Hall–Kier alpha value is -2.11. The second-order valence-electron chi connectivity index (χ2n) is 6.27. The van der Waals surface area contributed by atoms with Crippen LogP contribution in [0.3, 0.4) is 0 Å². The Kier molecular flexibility index (Phi) is 5.21. The Morgan fingerprint density at radius 1 is 1.31 bits per heavy atom. The molecule has 2 fully saturated rings. The number of piperidine rings is 1. The normalized spacial score (nSPS) is 22.4. The van der Waals surface area contributed by atoms with Crippen molar-refractivity contribution < 1.29 is 22.5 Å². The number of nitro benzene ring substituents is 1. The maximum absolute atomic E-state index is 13.8. The first-order valence-electron chi connectivity index (χ1n) is 8.25. The molecule has 142 valence electrons. The second kappa shape index (κ2) is 7.25. The lowest BCUT2D eigenvalue weighted by atomic mass is 10.1. The number of nitrogens with zero attached hydrogens (tertiary/aromatic N) is 3. The molecule has 0 aliphatic carbocycles. The van der Waals surface area contributed by atoms with E-state index in [9.17, 15) is 27.7 Å². The molecule has 1 aromatic carbocycles. The number of halogens is 1. The lowest BCUT2D eigenvalue weighted by Gasteiger charge is -2.40. The molecule has 11 heteroatoms. The summed E-state index contributed by atoms with van der Waals surface area (Å²) in [5.41, 5.74) is -1.05. The van der Waals surface area contributed by atoms with E-state index in [4.69, 9.17) is 0 Å². The predicted octanol–water partition coefficient (Wildman–Crippen LogP) is 0.319. The third kappa shape index (κ3) is 3.41. The van der Waals surface area contributed by atoms with E-state index in [0.717, 1.165) is 22.5 Å². The maximum atomic E-state index is 13.8. The van der Waals surface area contributed by atoms with Gasteiger partial charge in [-0.2, -0.15) is 8.70 Å². The molecule has 0 spiro atoms. The highest BCUT2D eigenvalue weighted by molar-refractivity contribution is 7.89. The number of amides is 1. The Morgan fingerprint density at radius 3 is 2.77 bits per heavy atom. The number of nitro groups is 1. The summed E-state index contributed by atoms with van der Waals surface area (Å²) in [6, 6.07) is 2.74. The molecule has 0 radical (unpaired) electrons. The van der Waals surface area contributed by atoms with Gasteiger partial charge >= 0.3 is 5.69 Å². The average Bonchev–Trinajstić information content (AvgIpc) is 2.61. The van der Waals surface area contributed by atoms with Crippen molar-refractivity contribution in [2.24, 2.45) is 0 Å². The quantitative estimate of drug-likeness (QED) is 0.589. The fraction of sp³-hybridized carbons (Fsp3) is 0.533. The van der Waals surface area contributed by atoms with Crippen molar-refractivity contribution in [2.45, 2.75) is 23.8 Å². The van der Waals surface area contributed by atoms with Crippen molar-refractivity contribution >= 4 is 21.6 Å².